The SMILES string of the molecule is CN1CCc2nc(SCc3ccc(Cl)cc3)c(C#N)c(-c3ccccc3)c2C1. The Kier molecular flexibility index (Phi) is 5.68. The van der Waals surface area contributed by atoms with Crippen LogP contribution in [0.2, 0.25) is 5.02 Å². The Bertz CT molecular complexity index is 1030. The second-order valence-electron chi connectivity index (χ2n) is 6.97. The van der Waals surface area contributed by atoms with Crippen molar-refractivity contribution >= 4 is 23.4 Å². The number of aromatic nitrogens is 1. The minimum absolute atomic E-state index is 0.680. The predicted octanol–water partition coefficient (Wildman–Crippen LogP) is 5.55. The van der Waals surface area contributed by atoms with E-state index in [0.717, 1.165) is 52.1 Å². The van der Waals surface area contributed by atoms with E-state index in [9.17, 15) is 5.26 Å². The van der Waals surface area contributed by atoms with Crippen molar-refractivity contribution in [2.75, 3.05) is 13.6 Å². The van der Waals surface area contributed by atoms with Gasteiger partial charge in [-0.05, 0) is 35.9 Å². The van der Waals surface area contributed by atoms with E-state index in [1.54, 1.807) is 11.8 Å². The first-order chi connectivity index (χ1) is 13.7. The number of likely N-dealkylation sites (N-methyl/N-ethyl adjacent to an activating group) is 1. The topological polar surface area (TPSA) is 39.9 Å². The molecule has 0 radical (unpaired) electrons. The average molecular weight is 406 g/mol. The van der Waals surface area contributed by atoms with Crippen LogP contribution in [0.25, 0.3) is 11.1 Å². The second-order valence-corrected chi connectivity index (χ2v) is 8.37. The smallest absolute Gasteiger partial charge is 0.115 e. The Morgan fingerprint density at radius 1 is 1.14 bits per heavy atom. The number of rotatable bonds is 4. The van der Waals surface area contributed by atoms with Crippen LogP contribution in [0.5, 0.6) is 0 Å². The Labute approximate surface area is 175 Å². The van der Waals surface area contributed by atoms with Crippen molar-refractivity contribution in [3.63, 3.8) is 0 Å². The Hall–Kier alpha value is -2.32. The molecule has 0 fully saturated rings. The molecule has 3 aromatic rings. The summed E-state index contributed by atoms with van der Waals surface area (Å²) in [5.74, 6) is 0.756. The molecule has 0 saturated heterocycles. The van der Waals surface area contributed by atoms with Gasteiger partial charge in [0.2, 0.25) is 0 Å². The molecule has 0 amide bonds. The van der Waals surface area contributed by atoms with E-state index in [0.29, 0.717) is 5.56 Å². The first-order valence-corrected chi connectivity index (χ1v) is 10.6. The van der Waals surface area contributed by atoms with Crippen LogP contribution in [0.15, 0.2) is 59.6 Å². The van der Waals surface area contributed by atoms with Crippen LogP contribution in [-0.2, 0) is 18.7 Å². The highest BCUT2D eigenvalue weighted by molar-refractivity contribution is 7.98. The third kappa shape index (κ3) is 3.93. The summed E-state index contributed by atoms with van der Waals surface area (Å²) in [5.41, 5.74) is 6.28. The van der Waals surface area contributed by atoms with Crippen molar-refractivity contribution in [3.05, 3.63) is 82.0 Å². The van der Waals surface area contributed by atoms with Gasteiger partial charge in [-0.2, -0.15) is 5.26 Å². The molecule has 0 unspecified atom stereocenters. The van der Waals surface area contributed by atoms with Gasteiger partial charge < -0.3 is 4.90 Å². The summed E-state index contributed by atoms with van der Waals surface area (Å²) in [5, 5.41) is 11.6. The molecule has 0 N–H and O–H groups in total. The maximum absolute atomic E-state index is 10.0. The van der Waals surface area contributed by atoms with Gasteiger partial charge in [0, 0.05) is 41.5 Å². The number of hydrogen-bond donors (Lipinski definition) is 0. The van der Waals surface area contributed by atoms with E-state index >= 15 is 0 Å². The van der Waals surface area contributed by atoms with Crippen molar-refractivity contribution in [2.24, 2.45) is 0 Å². The summed E-state index contributed by atoms with van der Waals surface area (Å²) in [4.78, 5) is 7.21. The quantitative estimate of drug-likeness (QED) is 0.533. The summed E-state index contributed by atoms with van der Waals surface area (Å²) in [6.07, 6.45) is 0.909. The molecule has 2 aromatic carbocycles. The summed E-state index contributed by atoms with van der Waals surface area (Å²) in [7, 11) is 2.12. The van der Waals surface area contributed by atoms with Crippen LogP contribution in [0.4, 0.5) is 0 Å². The Balaban J connectivity index is 1.78. The molecule has 5 heteroatoms. The molecule has 0 bridgehead atoms. The van der Waals surface area contributed by atoms with E-state index < -0.39 is 0 Å². The van der Waals surface area contributed by atoms with Crippen molar-refractivity contribution in [2.45, 2.75) is 23.7 Å². The third-order valence-electron chi connectivity index (χ3n) is 4.97. The molecular formula is C23H20ClN3S. The molecule has 3 nitrogen and oxygen atoms in total. The first-order valence-electron chi connectivity index (χ1n) is 9.22. The normalized spacial score (nSPS) is 13.8. The molecule has 140 valence electrons. The number of pyridine rings is 1. The van der Waals surface area contributed by atoms with Crippen LogP contribution in [0, 0.1) is 11.3 Å². The molecular weight excluding hydrogens is 386 g/mol. The number of nitriles is 1. The maximum atomic E-state index is 10.0. The number of nitrogens with zero attached hydrogens (tertiary/aromatic N) is 3. The predicted molar refractivity (Wildman–Crippen MR) is 115 cm³/mol. The molecule has 4 rings (SSSR count). The van der Waals surface area contributed by atoms with Gasteiger partial charge in [0.05, 0.1) is 5.56 Å². The molecule has 0 saturated carbocycles. The zero-order valence-corrected chi connectivity index (χ0v) is 17.2. The number of fused-ring (bicyclic) bond motifs is 1. The van der Waals surface area contributed by atoms with Crippen LogP contribution in [0.1, 0.15) is 22.4 Å². The van der Waals surface area contributed by atoms with Gasteiger partial charge in [-0.3, -0.25) is 0 Å². The molecule has 28 heavy (non-hydrogen) atoms. The van der Waals surface area contributed by atoms with Crippen molar-refractivity contribution in [1.82, 2.24) is 9.88 Å². The standard InChI is InChI=1S/C23H20ClN3S/c1-27-12-11-21-20(14-27)22(17-5-3-2-4-6-17)19(13-25)23(26-21)28-15-16-7-9-18(24)10-8-16/h2-10H,11-12,14-15H2,1H3. The lowest BCUT2D eigenvalue weighted by Gasteiger charge is -2.28. The lowest BCUT2D eigenvalue weighted by Crippen LogP contribution is -2.28. The highest BCUT2D eigenvalue weighted by Gasteiger charge is 2.24. The zero-order chi connectivity index (χ0) is 19.5. The molecule has 2 heterocycles. The van der Waals surface area contributed by atoms with E-state index in [2.05, 4.69) is 30.1 Å². The fraction of sp³-hybridized carbons (Fsp3) is 0.217. The van der Waals surface area contributed by atoms with E-state index in [1.807, 2.05) is 42.5 Å². The molecule has 0 spiro atoms. The van der Waals surface area contributed by atoms with Gasteiger partial charge in [0.15, 0.2) is 0 Å². The fourth-order valence-corrected chi connectivity index (χ4v) is 4.62. The highest BCUT2D eigenvalue weighted by atomic mass is 35.5. The summed E-state index contributed by atoms with van der Waals surface area (Å²) >= 11 is 7.61. The minimum atomic E-state index is 0.680. The van der Waals surface area contributed by atoms with E-state index in [-0.39, 0.29) is 0 Å². The number of hydrogen-bond acceptors (Lipinski definition) is 4. The van der Waals surface area contributed by atoms with Crippen molar-refractivity contribution in [1.29, 1.82) is 5.26 Å². The Morgan fingerprint density at radius 3 is 2.61 bits per heavy atom. The fourth-order valence-electron chi connectivity index (χ4n) is 3.53. The van der Waals surface area contributed by atoms with Gasteiger partial charge in [0.1, 0.15) is 11.1 Å². The molecule has 1 aliphatic heterocycles. The van der Waals surface area contributed by atoms with Gasteiger partial charge in [-0.15, -0.1) is 11.8 Å². The van der Waals surface area contributed by atoms with E-state index in [1.165, 1.54) is 11.1 Å². The zero-order valence-electron chi connectivity index (χ0n) is 15.7. The molecule has 0 aliphatic carbocycles. The van der Waals surface area contributed by atoms with Gasteiger partial charge in [-0.1, -0.05) is 54.1 Å². The van der Waals surface area contributed by atoms with Gasteiger partial charge in [0.25, 0.3) is 0 Å². The largest absolute Gasteiger partial charge is 0.302 e. The summed E-state index contributed by atoms with van der Waals surface area (Å²) < 4.78 is 0. The molecule has 1 aliphatic rings. The number of halogens is 1. The monoisotopic (exact) mass is 405 g/mol. The van der Waals surface area contributed by atoms with Crippen LogP contribution < -0.4 is 0 Å². The highest BCUT2D eigenvalue weighted by Crippen LogP contribution is 2.37. The van der Waals surface area contributed by atoms with Crippen LogP contribution in [-0.4, -0.2) is 23.5 Å². The number of thioether (sulfide) groups is 1. The lowest BCUT2D eigenvalue weighted by molar-refractivity contribution is 0.309. The summed E-state index contributed by atoms with van der Waals surface area (Å²) in [6, 6.07) is 20.5. The van der Waals surface area contributed by atoms with Crippen LogP contribution >= 0.6 is 23.4 Å². The molecule has 1 aromatic heterocycles. The Morgan fingerprint density at radius 2 is 1.89 bits per heavy atom. The second kappa shape index (κ2) is 8.36. The third-order valence-corrected chi connectivity index (χ3v) is 6.27. The minimum Gasteiger partial charge on any atom is -0.302 e. The van der Waals surface area contributed by atoms with Crippen molar-refractivity contribution < 1.29 is 0 Å². The summed E-state index contributed by atoms with van der Waals surface area (Å²) in [6.45, 7) is 1.81. The number of benzene rings is 2. The van der Waals surface area contributed by atoms with Gasteiger partial charge in [-0.25, -0.2) is 4.98 Å². The lowest BCUT2D eigenvalue weighted by atomic mass is 9.92. The van der Waals surface area contributed by atoms with Crippen LogP contribution in [0.3, 0.4) is 0 Å². The van der Waals surface area contributed by atoms with Gasteiger partial charge >= 0.3 is 0 Å². The maximum Gasteiger partial charge on any atom is 0.115 e. The first kappa shape index (κ1) is 19.0. The molecule has 0 atom stereocenters. The average Bonchev–Trinajstić information content (AvgIpc) is 2.73. The van der Waals surface area contributed by atoms with E-state index in [4.69, 9.17) is 16.6 Å². The van der Waals surface area contributed by atoms with Crippen molar-refractivity contribution in [3.8, 4) is 17.2 Å².